The van der Waals surface area contributed by atoms with Gasteiger partial charge in [-0.25, -0.2) is 9.98 Å². The van der Waals surface area contributed by atoms with Gasteiger partial charge in [0, 0.05) is 16.5 Å². The molecule has 1 aliphatic carbocycles. The number of hydrogen-bond acceptors (Lipinski definition) is 6. The quantitative estimate of drug-likeness (QED) is 0.147. The zero-order valence-corrected chi connectivity index (χ0v) is 35.6. The molecule has 0 bridgehead atoms. The smallest absolute Gasteiger partial charge is 0.873 e. The number of para-hydroxylation sites is 2. The van der Waals surface area contributed by atoms with Crippen LogP contribution in [0.5, 0.6) is 23.0 Å². The molecule has 0 radical (unpaired) electrons. The normalized spacial score (nSPS) is 13.8. The van der Waals surface area contributed by atoms with Crippen molar-refractivity contribution in [2.24, 2.45) is 9.98 Å². The van der Waals surface area contributed by atoms with E-state index >= 15 is 0 Å². The fraction of sp³-hybridized carbons (Fsp3) is 0.375. The topological polar surface area (TPSA) is 89.3 Å². The second-order valence-electron chi connectivity index (χ2n) is 16.4. The minimum atomic E-state index is -0.500. The standard InChI is InChI=1S/C28H24N2.C20H34O4.Ni/c1-17-9-5-10-18(2)25(17)29-27-22-15-7-13-21-14-8-16-23(24(21)22)28(27)30-26-19(3)11-6-12-20(26)4;1-9-11-23-17-13(19(3,4)5)15(21)16(22)14(20(6,7)8)18(17)24-12-10-2;/h5-16H,1-4H3;21-22H,9-12H2,1-8H3;/q;;+2/p-2/b29-27-,30-28+;;. The Hall–Kier alpha value is -4.61. The second kappa shape index (κ2) is 17.5. The van der Waals surface area contributed by atoms with E-state index in [1.54, 1.807) is 0 Å². The number of benzene rings is 5. The fourth-order valence-electron chi connectivity index (χ4n) is 7.11. The molecular formula is C48H56N2NiO4. The molecule has 5 aromatic carbocycles. The van der Waals surface area contributed by atoms with Gasteiger partial charge < -0.3 is 19.7 Å². The summed E-state index contributed by atoms with van der Waals surface area (Å²) in [6.45, 7) is 25.0. The Morgan fingerprint density at radius 3 is 1.16 bits per heavy atom. The van der Waals surface area contributed by atoms with Crippen molar-refractivity contribution in [1.82, 2.24) is 0 Å². The first-order valence-corrected chi connectivity index (χ1v) is 19.2. The van der Waals surface area contributed by atoms with Crippen LogP contribution in [0.1, 0.15) is 113 Å². The molecule has 0 heterocycles. The number of ether oxygens (including phenoxy) is 2. The van der Waals surface area contributed by atoms with Crippen LogP contribution in [0.4, 0.5) is 11.4 Å². The van der Waals surface area contributed by atoms with Gasteiger partial charge in [-0.1, -0.05) is 128 Å². The van der Waals surface area contributed by atoms with Crippen LogP contribution in [0, 0.1) is 27.7 Å². The molecule has 0 N–H and O–H groups in total. The number of hydrogen-bond donors (Lipinski definition) is 0. The van der Waals surface area contributed by atoms with Crippen LogP contribution < -0.4 is 19.7 Å². The van der Waals surface area contributed by atoms with Crippen molar-refractivity contribution in [2.45, 2.75) is 107 Å². The van der Waals surface area contributed by atoms with Crippen molar-refractivity contribution in [3.05, 3.63) is 117 Å². The van der Waals surface area contributed by atoms with Crippen molar-refractivity contribution in [2.75, 3.05) is 13.2 Å². The average molecular weight is 784 g/mol. The van der Waals surface area contributed by atoms with Gasteiger partial charge in [0.15, 0.2) is 11.5 Å². The van der Waals surface area contributed by atoms with Gasteiger partial charge in [0.1, 0.15) is 0 Å². The molecule has 6 nitrogen and oxygen atoms in total. The summed E-state index contributed by atoms with van der Waals surface area (Å²) in [5.74, 6) is -0.0376. The van der Waals surface area contributed by atoms with Crippen LogP contribution >= 0.6 is 0 Å². The van der Waals surface area contributed by atoms with E-state index in [9.17, 15) is 10.2 Å². The molecule has 0 amide bonds. The third-order valence-electron chi connectivity index (χ3n) is 9.69. The summed E-state index contributed by atoms with van der Waals surface area (Å²) in [4.78, 5) is 10.4. The van der Waals surface area contributed by atoms with Crippen LogP contribution in [0.25, 0.3) is 10.8 Å². The van der Waals surface area contributed by atoms with Gasteiger partial charge in [-0.3, -0.25) is 0 Å². The van der Waals surface area contributed by atoms with Crippen LogP contribution in [0.15, 0.2) is 82.8 Å². The van der Waals surface area contributed by atoms with E-state index in [2.05, 4.69) is 100 Å². The third-order valence-corrected chi connectivity index (χ3v) is 9.69. The minimum Gasteiger partial charge on any atom is -0.873 e. The summed E-state index contributed by atoms with van der Waals surface area (Å²) >= 11 is 0. The van der Waals surface area contributed by atoms with Crippen molar-refractivity contribution in [3.63, 3.8) is 0 Å². The Balaban J connectivity index is 0.000000248. The first kappa shape index (κ1) is 43.1. The fourth-order valence-corrected chi connectivity index (χ4v) is 7.11. The van der Waals surface area contributed by atoms with Gasteiger partial charge in [-0.2, -0.15) is 0 Å². The molecule has 292 valence electrons. The Labute approximate surface area is 338 Å². The third kappa shape index (κ3) is 8.94. The summed E-state index contributed by atoms with van der Waals surface area (Å²) in [6, 6.07) is 25.6. The predicted octanol–water partition coefficient (Wildman–Crippen LogP) is 11.3. The van der Waals surface area contributed by atoms with E-state index < -0.39 is 22.3 Å². The SMILES string of the molecule is CCCOc1c(OCCC)c(C(C)(C)C)c([O-])c([O-])c1C(C)(C)C.Cc1cccc(C)c1/N=C1\C(=N\c2c(C)cccc2C)c2cccc3cccc1c23.[Ni+2]. The summed E-state index contributed by atoms with van der Waals surface area (Å²) in [5, 5.41) is 28.2. The first-order chi connectivity index (χ1) is 25.5. The Bertz CT molecular complexity index is 2050. The Morgan fingerprint density at radius 2 is 0.855 bits per heavy atom. The van der Waals surface area contributed by atoms with Gasteiger partial charge in [-0.05, 0) is 90.1 Å². The van der Waals surface area contributed by atoms with Gasteiger partial charge in [0.05, 0.1) is 36.0 Å². The summed E-state index contributed by atoms with van der Waals surface area (Å²) in [6.07, 6.45) is 1.63. The van der Waals surface area contributed by atoms with Gasteiger partial charge in [0.25, 0.3) is 0 Å². The number of aryl methyl sites for hydroxylation is 4. The van der Waals surface area contributed by atoms with E-state index in [1.807, 2.05) is 55.4 Å². The molecule has 0 saturated carbocycles. The van der Waals surface area contributed by atoms with Crippen LogP contribution in [0.3, 0.4) is 0 Å². The molecule has 0 unspecified atom stereocenters. The zero-order chi connectivity index (χ0) is 39.5. The van der Waals surface area contributed by atoms with Crippen LogP contribution in [-0.2, 0) is 27.3 Å². The number of nitrogens with zero attached hydrogens (tertiary/aromatic N) is 2. The average Bonchev–Trinajstić information content (AvgIpc) is 3.40. The minimum absolute atomic E-state index is 0. The van der Waals surface area contributed by atoms with E-state index in [-0.39, 0.29) is 16.5 Å². The predicted molar refractivity (Wildman–Crippen MR) is 222 cm³/mol. The van der Waals surface area contributed by atoms with Crippen molar-refractivity contribution < 1.29 is 36.2 Å². The largest absolute Gasteiger partial charge is 2.00 e. The van der Waals surface area contributed by atoms with Crippen molar-refractivity contribution in [1.29, 1.82) is 0 Å². The Morgan fingerprint density at radius 1 is 0.527 bits per heavy atom. The molecule has 0 spiro atoms. The molecular weight excluding hydrogens is 727 g/mol. The number of aliphatic imine (C=N–C) groups is 2. The van der Waals surface area contributed by atoms with Crippen molar-refractivity contribution in [3.8, 4) is 23.0 Å². The van der Waals surface area contributed by atoms with E-state index in [1.165, 1.54) is 33.0 Å². The molecule has 5 aromatic rings. The maximum Gasteiger partial charge on any atom is 2.00 e. The summed E-state index contributed by atoms with van der Waals surface area (Å²) in [7, 11) is 0. The molecule has 0 aliphatic heterocycles. The molecule has 0 aromatic heterocycles. The summed E-state index contributed by atoms with van der Waals surface area (Å²) < 4.78 is 11.9. The monoisotopic (exact) mass is 782 g/mol. The van der Waals surface area contributed by atoms with Crippen molar-refractivity contribution >= 4 is 33.6 Å². The molecule has 0 atom stereocenters. The van der Waals surface area contributed by atoms with E-state index in [0.29, 0.717) is 35.8 Å². The van der Waals surface area contributed by atoms with Crippen LogP contribution in [-0.4, -0.2) is 24.6 Å². The van der Waals surface area contributed by atoms with Gasteiger partial charge in [-0.15, -0.1) is 11.5 Å². The van der Waals surface area contributed by atoms with Crippen LogP contribution in [0.2, 0.25) is 0 Å². The zero-order valence-electron chi connectivity index (χ0n) is 34.6. The van der Waals surface area contributed by atoms with E-state index in [0.717, 1.165) is 46.8 Å². The molecule has 6 rings (SSSR count). The molecule has 0 fully saturated rings. The molecule has 1 aliphatic rings. The molecule has 55 heavy (non-hydrogen) atoms. The maximum absolute atomic E-state index is 12.8. The molecule has 0 saturated heterocycles. The first-order valence-electron chi connectivity index (χ1n) is 19.2. The Kier molecular flexibility index (Phi) is 13.7. The van der Waals surface area contributed by atoms with Gasteiger partial charge in [0.2, 0.25) is 0 Å². The summed E-state index contributed by atoms with van der Waals surface area (Å²) in [5.41, 5.74) is 10.9. The molecule has 7 heteroatoms. The van der Waals surface area contributed by atoms with E-state index in [4.69, 9.17) is 19.5 Å². The number of rotatable bonds is 8. The maximum atomic E-state index is 12.8. The second-order valence-corrected chi connectivity index (χ2v) is 16.4. The van der Waals surface area contributed by atoms with Gasteiger partial charge >= 0.3 is 16.5 Å².